The van der Waals surface area contributed by atoms with Crippen molar-refractivity contribution >= 4 is 5.91 Å². The van der Waals surface area contributed by atoms with Crippen molar-refractivity contribution in [2.45, 2.75) is 32.7 Å². The van der Waals surface area contributed by atoms with Gasteiger partial charge >= 0.3 is 0 Å². The fourth-order valence-corrected chi connectivity index (χ4v) is 2.94. The summed E-state index contributed by atoms with van der Waals surface area (Å²) in [7, 11) is 0. The van der Waals surface area contributed by atoms with Crippen molar-refractivity contribution in [3.05, 3.63) is 65.2 Å². The number of hydrogen-bond acceptors (Lipinski definition) is 2. The van der Waals surface area contributed by atoms with E-state index in [1.807, 2.05) is 44.2 Å². The summed E-state index contributed by atoms with van der Waals surface area (Å²) in [4.78, 5) is 12.3. The van der Waals surface area contributed by atoms with Gasteiger partial charge in [-0.15, -0.1) is 0 Å². The Bertz CT molecular complexity index is 657. The molecule has 1 aliphatic rings. The minimum absolute atomic E-state index is 0.0545. The number of rotatable bonds is 6. The van der Waals surface area contributed by atoms with E-state index in [9.17, 15) is 4.79 Å². The molecule has 0 aromatic heterocycles. The third-order valence-corrected chi connectivity index (χ3v) is 4.13. The van der Waals surface area contributed by atoms with Crippen molar-refractivity contribution in [3.8, 4) is 5.75 Å². The summed E-state index contributed by atoms with van der Waals surface area (Å²) in [5.41, 5.74) is 3.45. The van der Waals surface area contributed by atoms with Crippen LogP contribution in [-0.2, 0) is 4.79 Å². The minimum atomic E-state index is -0.0649. The second kappa shape index (κ2) is 6.86. The second-order valence-corrected chi connectivity index (χ2v) is 6.41. The maximum atomic E-state index is 12.3. The summed E-state index contributed by atoms with van der Waals surface area (Å²) >= 11 is 0. The first kappa shape index (κ1) is 15.6. The largest absolute Gasteiger partial charge is 0.484 e. The van der Waals surface area contributed by atoms with Crippen LogP contribution in [-0.4, -0.2) is 12.5 Å². The highest BCUT2D eigenvalue weighted by atomic mass is 16.5. The molecule has 0 aliphatic heterocycles. The molecule has 1 aliphatic carbocycles. The molecule has 0 saturated heterocycles. The van der Waals surface area contributed by atoms with E-state index in [0.29, 0.717) is 5.92 Å². The van der Waals surface area contributed by atoms with Crippen molar-refractivity contribution in [2.75, 3.05) is 6.61 Å². The number of carbonyl (C=O) groups is 1. The summed E-state index contributed by atoms with van der Waals surface area (Å²) in [6.07, 6.45) is 2.36. The molecule has 1 saturated carbocycles. The Morgan fingerprint density at radius 3 is 2.39 bits per heavy atom. The van der Waals surface area contributed by atoms with Crippen molar-refractivity contribution in [1.29, 1.82) is 0 Å². The average molecular weight is 309 g/mol. The van der Waals surface area contributed by atoms with E-state index in [2.05, 4.69) is 23.5 Å². The molecular weight excluding hydrogens is 286 g/mol. The fraction of sp³-hybridized carbons (Fsp3) is 0.350. The summed E-state index contributed by atoms with van der Waals surface area (Å²) in [5.74, 6) is 1.24. The minimum Gasteiger partial charge on any atom is -0.484 e. The first-order valence-corrected chi connectivity index (χ1v) is 8.17. The summed E-state index contributed by atoms with van der Waals surface area (Å²) in [6, 6.07) is 16.3. The molecule has 120 valence electrons. The van der Waals surface area contributed by atoms with Crippen molar-refractivity contribution in [3.63, 3.8) is 0 Å². The number of ether oxygens (including phenoxy) is 1. The average Bonchev–Trinajstić information content (AvgIpc) is 3.35. The lowest BCUT2D eigenvalue weighted by atomic mass is 10.0. The number of amides is 1. The van der Waals surface area contributed by atoms with Gasteiger partial charge in [0.15, 0.2) is 6.61 Å². The molecule has 2 aromatic rings. The van der Waals surface area contributed by atoms with Crippen LogP contribution in [0.1, 0.15) is 35.6 Å². The van der Waals surface area contributed by atoms with Gasteiger partial charge in [-0.25, -0.2) is 0 Å². The standard InChI is InChI=1S/C20H23NO2/c1-14-10-15(2)12-18(11-14)23-13-19(22)21-20(17-8-9-17)16-6-4-3-5-7-16/h3-7,10-12,17,20H,8-9,13H2,1-2H3,(H,21,22)/t20-/m1/s1. The predicted octanol–water partition coefficient (Wildman–Crippen LogP) is 3.95. The normalized spacial score (nSPS) is 15.0. The Morgan fingerprint density at radius 1 is 1.13 bits per heavy atom. The molecule has 1 N–H and O–H groups in total. The molecule has 1 atom stereocenters. The molecule has 0 unspecified atom stereocenters. The van der Waals surface area contributed by atoms with Crippen LogP contribution in [0.4, 0.5) is 0 Å². The third-order valence-electron chi connectivity index (χ3n) is 4.13. The molecule has 0 spiro atoms. The molecule has 3 heteroatoms. The molecule has 1 amide bonds. The molecule has 3 rings (SSSR count). The maximum absolute atomic E-state index is 12.3. The van der Waals surface area contributed by atoms with E-state index in [1.165, 1.54) is 18.4 Å². The van der Waals surface area contributed by atoms with Crippen molar-refractivity contribution in [2.24, 2.45) is 5.92 Å². The van der Waals surface area contributed by atoms with Gasteiger partial charge in [0.2, 0.25) is 0 Å². The number of aryl methyl sites for hydroxylation is 2. The summed E-state index contributed by atoms with van der Waals surface area (Å²) < 4.78 is 5.65. The van der Waals surface area contributed by atoms with E-state index >= 15 is 0 Å². The summed E-state index contributed by atoms with van der Waals surface area (Å²) in [6.45, 7) is 4.11. The van der Waals surface area contributed by atoms with Crippen LogP contribution in [0, 0.1) is 19.8 Å². The lowest BCUT2D eigenvalue weighted by Gasteiger charge is -2.19. The zero-order valence-electron chi connectivity index (χ0n) is 13.7. The van der Waals surface area contributed by atoms with E-state index in [0.717, 1.165) is 16.9 Å². The molecule has 3 nitrogen and oxygen atoms in total. The molecule has 23 heavy (non-hydrogen) atoms. The van der Waals surface area contributed by atoms with Crippen LogP contribution >= 0.6 is 0 Å². The number of nitrogens with one attached hydrogen (secondary N) is 1. The molecule has 1 fully saturated rings. The maximum Gasteiger partial charge on any atom is 0.258 e. The first-order valence-electron chi connectivity index (χ1n) is 8.17. The second-order valence-electron chi connectivity index (χ2n) is 6.41. The van der Waals surface area contributed by atoms with Gasteiger partial charge in [-0.05, 0) is 61.4 Å². The highest BCUT2D eigenvalue weighted by Crippen LogP contribution is 2.40. The van der Waals surface area contributed by atoms with Gasteiger partial charge in [0.05, 0.1) is 6.04 Å². The third kappa shape index (κ3) is 4.35. The molecule has 0 heterocycles. The first-order chi connectivity index (χ1) is 11.1. The monoisotopic (exact) mass is 309 g/mol. The highest BCUT2D eigenvalue weighted by molar-refractivity contribution is 5.78. The van der Waals surface area contributed by atoms with Gasteiger partial charge in [-0.3, -0.25) is 4.79 Å². The van der Waals surface area contributed by atoms with Gasteiger partial charge in [-0.2, -0.15) is 0 Å². The van der Waals surface area contributed by atoms with E-state index < -0.39 is 0 Å². The van der Waals surface area contributed by atoms with E-state index in [-0.39, 0.29) is 18.6 Å². The van der Waals surface area contributed by atoms with Gasteiger partial charge < -0.3 is 10.1 Å². The Balaban J connectivity index is 1.59. The fourth-order valence-electron chi connectivity index (χ4n) is 2.94. The predicted molar refractivity (Wildman–Crippen MR) is 91.5 cm³/mol. The molecular formula is C20H23NO2. The van der Waals surface area contributed by atoms with Crippen LogP contribution in [0.25, 0.3) is 0 Å². The number of hydrogen-bond donors (Lipinski definition) is 1. The van der Waals surface area contributed by atoms with Crippen molar-refractivity contribution in [1.82, 2.24) is 5.32 Å². The van der Waals surface area contributed by atoms with Crippen molar-refractivity contribution < 1.29 is 9.53 Å². The Hall–Kier alpha value is -2.29. The number of carbonyl (C=O) groups excluding carboxylic acids is 1. The Morgan fingerprint density at radius 2 is 1.78 bits per heavy atom. The lowest BCUT2D eigenvalue weighted by Crippen LogP contribution is -2.33. The molecule has 0 radical (unpaired) electrons. The highest BCUT2D eigenvalue weighted by Gasteiger charge is 2.33. The quantitative estimate of drug-likeness (QED) is 0.877. The van der Waals surface area contributed by atoms with Crippen LogP contribution in [0.3, 0.4) is 0 Å². The molecule has 0 bridgehead atoms. The topological polar surface area (TPSA) is 38.3 Å². The zero-order valence-corrected chi connectivity index (χ0v) is 13.7. The Labute approximate surface area is 137 Å². The van der Waals surface area contributed by atoms with E-state index in [4.69, 9.17) is 4.74 Å². The zero-order chi connectivity index (χ0) is 16.2. The van der Waals surface area contributed by atoms with Crippen LogP contribution in [0.2, 0.25) is 0 Å². The summed E-state index contributed by atoms with van der Waals surface area (Å²) in [5, 5.41) is 3.13. The molecule has 2 aromatic carbocycles. The van der Waals surface area contributed by atoms with Crippen LogP contribution in [0.15, 0.2) is 48.5 Å². The Kier molecular flexibility index (Phi) is 4.65. The van der Waals surface area contributed by atoms with E-state index in [1.54, 1.807) is 0 Å². The number of benzene rings is 2. The van der Waals surface area contributed by atoms with Crippen LogP contribution in [0.5, 0.6) is 5.75 Å². The van der Waals surface area contributed by atoms with Gasteiger partial charge in [0.25, 0.3) is 5.91 Å². The van der Waals surface area contributed by atoms with Gasteiger partial charge in [-0.1, -0.05) is 36.4 Å². The van der Waals surface area contributed by atoms with Gasteiger partial charge in [0, 0.05) is 0 Å². The van der Waals surface area contributed by atoms with Gasteiger partial charge in [0.1, 0.15) is 5.75 Å². The SMILES string of the molecule is Cc1cc(C)cc(OCC(=O)N[C@H](c2ccccc2)C2CC2)c1. The van der Waals surface area contributed by atoms with Crippen LogP contribution < -0.4 is 10.1 Å². The smallest absolute Gasteiger partial charge is 0.258 e. The lowest BCUT2D eigenvalue weighted by molar-refractivity contribution is -0.124.